The smallest absolute Gasteiger partial charge is 0.410 e. The molecular weight excluding hydrogens is 498 g/mol. The van der Waals surface area contributed by atoms with Crippen LogP contribution in [0.15, 0.2) is 48.5 Å². The first-order valence-corrected chi connectivity index (χ1v) is 15.2. The van der Waals surface area contributed by atoms with Gasteiger partial charge < -0.3 is 14.4 Å². The summed E-state index contributed by atoms with van der Waals surface area (Å²) in [4.78, 5) is 20.0. The zero-order valence-electron chi connectivity index (χ0n) is 25.5. The lowest BCUT2D eigenvalue weighted by atomic mass is 9.59. The Morgan fingerprint density at radius 1 is 0.975 bits per heavy atom. The van der Waals surface area contributed by atoms with Crippen LogP contribution >= 0.6 is 0 Å². The van der Waals surface area contributed by atoms with Crippen LogP contribution in [0.4, 0.5) is 4.79 Å². The third kappa shape index (κ3) is 6.33. The molecule has 3 fully saturated rings. The van der Waals surface area contributed by atoms with E-state index in [2.05, 4.69) is 66.1 Å². The highest BCUT2D eigenvalue weighted by molar-refractivity contribution is 5.68. The fraction of sp³-hybridized carbons (Fsp3) is 0.618. The Morgan fingerprint density at radius 3 is 2.33 bits per heavy atom. The number of ether oxygens (including phenoxy) is 2. The molecule has 1 aliphatic carbocycles. The number of amides is 1. The Balaban J connectivity index is 1.28. The van der Waals surface area contributed by atoms with Crippen LogP contribution in [-0.2, 0) is 11.3 Å². The Hall–Kier alpha value is -2.57. The van der Waals surface area contributed by atoms with Crippen molar-refractivity contribution >= 4 is 6.09 Å². The standard InChI is InChI=1S/C34H49N3O3/c1-25(2)28-12-8-9-13-29(28)30-24-35(23-26-11-7-10-14-31(26)39-6)19-20-37(30)27-21-34(22-27)15-17-36(18-16-34)32(38)40-33(3,4)5/h7-14,25,27,30H,15-24H2,1-6H3. The van der Waals surface area contributed by atoms with Gasteiger partial charge in [-0.15, -0.1) is 0 Å². The largest absolute Gasteiger partial charge is 0.496 e. The van der Waals surface area contributed by atoms with Crippen molar-refractivity contribution in [3.8, 4) is 5.75 Å². The zero-order valence-corrected chi connectivity index (χ0v) is 25.5. The van der Waals surface area contributed by atoms with E-state index in [1.54, 1.807) is 7.11 Å². The predicted molar refractivity (Wildman–Crippen MR) is 161 cm³/mol. The van der Waals surface area contributed by atoms with E-state index in [0.29, 0.717) is 23.4 Å². The van der Waals surface area contributed by atoms with Gasteiger partial charge in [0.15, 0.2) is 0 Å². The third-order valence-electron chi connectivity index (χ3n) is 9.35. The Bertz CT molecular complexity index is 1160. The lowest BCUT2D eigenvalue weighted by molar-refractivity contribution is -0.0783. The fourth-order valence-corrected chi connectivity index (χ4v) is 7.20. The van der Waals surface area contributed by atoms with Crippen LogP contribution in [0.25, 0.3) is 0 Å². The van der Waals surface area contributed by atoms with Crippen LogP contribution < -0.4 is 4.74 Å². The molecule has 2 aromatic rings. The maximum absolute atomic E-state index is 12.6. The van der Waals surface area contributed by atoms with Gasteiger partial charge in [-0.2, -0.15) is 0 Å². The summed E-state index contributed by atoms with van der Waals surface area (Å²) in [6, 6.07) is 18.5. The van der Waals surface area contributed by atoms with Crippen molar-refractivity contribution < 1.29 is 14.3 Å². The number of methoxy groups -OCH3 is 1. The molecule has 1 spiro atoms. The molecule has 2 aromatic carbocycles. The first-order valence-electron chi connectivity index (χ1n) is 15.2. The molecule has 2 saturated heterocycles. The predicted octanol–water partition coefficient (Wildman–Crippen LogP) is 6.86. The molecule has 0 aromatic heterocycles. The van der Waals surface area contributed by atoms with Gasteiger partial charge in [-0.1, -0.05) is 56.3 Å². The number of para-hydroxylation sites is 1. The molecule has 0 N–H and O–H groups in total. The highest BCUT2D eigenvalue weighted by Crippen LogP contribution is 2.53. The Morgan fingerprint density at radius 2 is 1.65 bits per heavy atom. The zero-order chi connectivity index (χ0) is 28.5. The number of piperidine rings is 1. The first-order chi connectivity index (χ1) is 19.1. The van der Waals surface area contributed by atoms with Crippen molar-refractivity contribution in [1.82, 2.24) is 14.7 Å². The quantitative estimate of drug-likeness (QED) is 0.395. The van der Waals surface area contributed by atoms with Crippen LogP contribution in [0.3, 0.4) is 0 Å². The first kappa shape index (κ1) is 28.9. The fourth-order valence-electron chi connectivity index (χ4n) is 7.20. The monoisotopic (exact) mass is 547 g/mol. The summed E-state index contributed by atoms with van der Waals surface area (Å²) in [6.45, 7) is 16.2. The minimum Gasteiger partial charge on any atom is -0.496 e. The number of hydrogen-bond donors (Lipinski definition) is 0. The molecule has 0 bridgehead atoms. The van der Waals surface area contributed by atoms with E-state index < -0.39 is 5.60 Å². The van der Waals surface area contributed by atoms with E-state index in [1.807, 2.05) is 31.7 Å². The maximum atomic E-state index is 12.6. The molecule has 3 aliphatic rings. The molecule has 218 valence electrons. The molecule has 1 unspecified atom stereocenters. The van der Waals surface area contributed by atoms with E-state index in [4.69, 9.17) is 9.47 Å². The van der Waals surface area contributed by atoms with Gasteiger partial charge >= 0.3 is 6.09 Å². The summed E-state index contributed by atoms with van der Waals surface area (Å²) < 4.78 is 11.3. The average molecular weight is 548 g/mol. The number of benzene rings is 2. The number of hydrogen-bond acceptors (Lipinski definition) is 5. The van der Waals surface area contributed by atoms with Gasteiger partial charge in [0.1, 0.15) is 11.4 Å². The van der Waals surface area contributed by atoms with Gasteiger partial charge in [-0.3, -0.25) is 9.80 Å². The SMILES string of the molecule is COc1ccccc1CN1CCN(C2CC3(CCN(C(=O)OC(C)(C)C)CC3)C2)C(c2ccccc2C(C)C)C1. The third-order valence-corrected chi connectivity index (χ3v) is 9.35. The number of rotatable bonds is 6. The molecule has 1 amide bonds. The molecule has 0 radical (unpaired) electrons. The number of piperazine rings is 1. The van der Waals surface area contributed by atoms with E-state index in [9.17, 15) is 4.79 Å². The average Bonchev–Trinajstić information content (AvgIpc) is 2.91. The topological polar surface area (TPSA) is 45.2 Å². The molecule has 5 rings (SSSR count). The minimum absolute atomic E-state index is 0.158. The van der Waals surface area contributed by atoms with Crippen molar-refractivity contribution in [1.29, 1.82) is 0 Å². The second kappa shape index (κ2) is 11.7. The van der Waals surface area contributed by atoms with Crippen molar-refractivity contribution in [3.05, 3.63) is 65.2 Å². The Kier molecular flexibility index (Phi) is 8.49. The Labute approximate surface area is 241 Å². The molecule has 2 heterocycles. The summed E-state index contributed by atoms with van der Waals surface area (Å²) in [6.07, 6.45) is 4.49. The van der Waals surface area contributed by atoms with Gasteiger partial charge in [0.25, 0.3) is 0 Å². The summed E-state index contributed by atoms with van der Waals surface area (Å²) in [5, 5.41) is 0. The summed E-state index contributed by atoms with van der Waals surface area (Å²) in [5.41, 5.74) is 4.15. The lowest BCUT2D eigenvalue weighted by Gasteiger charge is -2.58. The minimum atomic E-state index is -0.442. The van der Waals surface area contributed by atoms with Crippen LogP contribution in [0.5, 0.6) is 5.75 Å². The number of nitrogens with zero attached hydrogens (tertiary/aromatic N) is 3. The van der Waals surface area contributed by atoms with Crippen LogP contribution in [0.1, 0.15) is 89.0 Å². The maximum Gasteiger partial charge on any atom is 0.410 e. The summed E-state index contributed by atoms with van der Waals surface area (Å²) >= 11 is 0. The molecule has 2 aliphatic heterocycles. The second-order valence-electron chi connectivity index (χ2n) is 13.6. The molecule has 40 heavy (non-hydrogen) atoms. The van der Waals surface area contributed by atoms with Gasteiger partial charge in [-0.05, 0) is 75.0 Å². The molecule has 6 nitrogen and oxygen atoms in total. The van der Waals surface area contributed by atoms with E-state index in [0.717, 1.165) is 57.9 Å². The van der Waals surface area contributed by atoms with Crippen LogP contribution in [-0.4, -0.2) is 72.3 Å². The van der Waals surface area contributed by atoms with Gasteiger partial charge in [0.05, 0.1) is 7.11 Å². The van der Waals surface area contributed by atoms with Gasteiger partial charge in [0, 0.05) is 56.9 Å². The number of likely N-dealkylation sites (tertiary alicyclic amines) is 1. The highest BCUT2D eigenvalue weighted by atomic mass is 16.6. The molecule has 1 saturated carbocycles. The van der Waals surface area contributed by atoms with Crippen molar-refractivity contribution in [2.75, 3.05) is 39.8 Å². The molecular formula is C34H49N3O3. The van der Waals surface area contributed by atoms with Crippen LogP contribution in [0, 0.1) is 5.41 Å². The molecule has 6 heteroatoms. The van der Waals surface area contributed by atoms with E-state index >= 15 is 0 Å². The summed E-state index contributed by atoms with van der Waals surface area (Å²) in [5.74, 6) is 1.47. The van der Waals surface area contributed by atoms with Crippen molar-refractivity contribution in [2.24, 2.45) is 5.41 Å². The number of carbonyl (C=O) groups excluding carboxylic acids is 1. The normalized spacial score (nSPS) is 22.4. The highest BCUT2D eigenvalue weighted by Gasteiger charge is 2.50. The van der Waals surface area contributed by atoms with Gasteiger partial charge in [0.2, 0.25) is 0 Å². The lowest BCUT2D eigenvalue weighted by Crippen LogP contribution is -2.60. The van der Waals surface area contributed by atoms with Crippen LogP contribution in [0.2, 0.25) is 0 Å². The summed E-state index contributed by atoms with van der Waals surface area (Å²) in [7, 11) is 1.77. The molecule has 1 atom stereocenters. The van der Waals surface area contributed by atoms with Crippen molar-refractivity contribution in [2.45, 2.75) is 90.4 Å². The van der Waals surface area contributed by atoms with E-state index in [1.165, 1.54) is 29.5 Å². The van der Waals surface area contributed by atoms with E-state index in [-0.39, 0.29) is 6.09 Å². The van der Waals surface area contributed by atoms with Crippen molar-refractivity contribution in [3.63, 3.8) is 0 Å². The second-order valence-corrected chi connectivity index (χ2v) is 13.6. The number of carbonyl (C=O) groups is 1. The van der Waals surface area contributed by atoms with Gasteiger partial charge in [-0.25, -0.2) is 4.79 Å².